The highest BCUT2D eigenvalue weighted by atomic mass is 16.7. The predicted molar refractivity (Wildman–Crippen MR) is 96.6 cm³/mol. The van der Waals surface area contributed by atoms with Gasteiger partial charge in [-0.2, -0.15) is 9.97 Å². The molecule has 0 aliphatic carbocycles. The van der Waals surface area contributed by atoms with Crippen LogP contribution >= 0.6 is 0 Å². The third-order valence-electron chi connectivity index (χ3n) is 3.71. The number of methoxy groups -OCH3 is 1. The molecule has 3 aromatic rings. The molecule has 1 aromatic carbocycles. The fraction of sp³-hybridized carbons (Fsp3) is 0.235. The topological polar surface area (TPSA) is 141 Å². The second-order valence-electron chi connectivity index (χ2n) is 5.34. The van der Waals surface area contributed by atoms with E-state index in [0.29, 0.717) is 23.5 Å². The zero-order valence-electron chi connectivity index (χ0n) is 14.1. The van der Waals surface area contributed by atoms with Crippen LogP contribution in [0.5, 0.6) is 0 Å². The zero-order chi connectivity index (χ0) is 17.1. The molecular weight excluding hydrogens is 322 g/mol. The summed E-state index contributed by atoms with van der Waals surface area (Å²) in [4.78, 5) is 12.9. The van der Waals surface area contributed by atoms with Crippen LogP contribution in [0.3, 0.4) is 0 Å². The lowest BCUT2D eigenvalue weighted by Crippen LogP contribution is -2.08. The fourth-order valence-electron chi connectivity index (χ4n) is 2.69. The molecule has 8 heteroatoms. The van der Waals surface area contributed by atoms with Crippen molar-refractivity contribution in [2.75, 3.05) is 25.4 Å². The normalized spacial score (nSPS) is 10.6. The highest BCUT2D eigenvalue weighted by Crippen LogP contribution is 2.35. The Hall–Kier alpha value is -2.81. The highest BCUT2D eigenvalue weighted by molar-refractivity contribution is 6.01. The number of benzene rings is 1. The van der Waals surface area contributed by atoms with E-state index in [9.17, 15) is 0 Å². The van der Waals surface area contributed by atoms with Gasteiger partial charge in [0.1, 0.15) is 12.6 Å². The lowest BCUT2D eigenvalue weighted by molar-refractivity contribution is -0.0391. The Bertz CT molecular complexity index is 871. The molecule has 0 fully saturated rings. The van der Waals surface area contributed by atoms with Crippen LogP contribution < -0.4 is 11.5 Å². The quantitative estimate of drug-likeness (QED) is 0.527. The van der Waals surface area contributed by atoms with E-state index in [2.05, 4.69) is 15.0 Å². The molecule has 25 heavy (non-hydrogen) atoms. The van der Waals surface area contributed by atoms with Gasteiger partial charge in [-0.25, -0.2) is 4.98 Å². The summed E-state index contributed by atoms with van der Waals surface area (Å²) in [5.74, 6) is 0.408. The molecule has 2 aromatic heterocycles. The molecule has 6 N–H and O–H groups in total. The Morgan fingerprint density at radius 2 is 1.76 bits per heavy atom. The zero-order valence-corrected chi connectivity index (χ0v) is 14.1. The predicted octanol–water partition coefficient (Wildman–Crippen LogP) is 1.46. The molecule has 3 rings (SSSR count). The second-order valence-corrected chi connectivity index (χ2v) is 5.34. The van der Waals surface area contributed by atoms with Crippen LogP contribution in [0.25, 0.3) is 22.2 Å². The Balaban J connectivity index is 0.00000225. The van der Waals surface area contributed by atoms with Gasteiger partial charge in [0, 0.05) is 23.9 Å². The number of nitrogens with zero attached hydrogens (tertiary/aromatic N) is 3. The molecule has 132 valence electrons. The van der Waals surface area contributed by atoms with Crippen LogP contribution in [0.1, 0.15) is 11.3 Å². The van der Waals surface area contributed by atoms with Gasteiger partial charge >= 0.3 is 0 Å². The maximum Gasteiger partial charge on any atom is 0.224 e. The van der Waals surface area contributed by atoms with Gasteiger partial charge in [0.05, 0.1) is 12.0 Å². The lowest BCUT2D eigenvalue weighted by Gasteiger charge is -2.16. The number of nitrogens with two attached hydrogens (primary N) is 2. The third-order valence-corrected chi connectivity index (χ3v) is 3.71. The summed E-state index contributed by atoms with van der Waals surface area (Å²) in [7, 11) is 1.58. The Morgan fingerprint density at radius 1 is 1.04 bits per heavy atom. The molecule has 0 aliphatic heterocycles. The van der Waals surface area contributed by atoms with Crippen molar-refractivity contribution in [2.24, 2.45) is 0 Å². The summed E-state index contributed by atoms with van der Waals surface area (Å²) in [6, 6.07) is 9.89. The Labute approximate surface area is 145 Å². The molecule has 0 atom stereocenters. The van der Waals surface area contributed by atoms with Crippen LogP contribution in [0.2, 0.25) is 0 Å². The number of rotatable bonds is 5. The maximum atomic E-state index is 6.13. The van der Waals surface area contributed by atoms with Crippen LogP contribution in [-0.4, -0.2) is 34.3 Å². The van der Waals surface area contributed by atoms with Gasteiger partial charge in [-0.05, 0) is 12.5 Å². The number of ether oxygens (including phenoxy) is 2. The minimum Gasteiger partial charge on any atom is -0.412 e. The SMILES string of the molecule is COCOCc1c(C)nc2nc(N)nc(N)c2c1-c1ccccc1.O. The van der Waals surface area contributed by atoms with Crippen LogP contribution in [0.15, 0.2) is 30.3 Å². The molecular formula is C17H21N5O3. The number of fused-ring (bicyclic) bond motifs is 1. The van der Waals surface area contributed by atoms with E-state index in [1.165, 1.54) is 0 Å². The highest BCUT2D eigenvalue weighted by Gasteiger charge is 2.18. The van der Waals surface area contributed by atoms with Gasteiger partial charge < -0.3 is 26.4 Å². The van der Waals surface area contributed by atoms with Gasteiger partial charge in [0.2, 0.25) is 5.95 Å². The number of nitrogen functional groups attached to an aromatic ring is 2. The molecule has 0 unspecified atom stereocenters. The number of hydrogen-bond donors (Lipinski definition) is 2. The van der Waals surface area contributed by atoms with Crippen molar-refractivity contribution < 1.29 is 14.9 Å². The van der Waals surface area contributed by atoms with E-state index in [0.717, 1.165) is 22.4 Å². The molecule has 0 aliphatic rings. The van der Waals surface area contributed by atoms with E-state index in [1.54, 1.807) is 7.11 Å². The molecule has 0 spiro atoms. The van der Waals surface area contributed by atoms with Gasteiger partial charge in [-0.3, -0.25) is 0 Å². The maximum absolute atomic E-state index is 6.13. The van der Waals surface area contributed by atoms with Crippen LogP contribution in [0, 0.1) is 6.92 Å². The van der Waals surface area contributed by atoms with E-state index < -0.39 is 0 Å². The van der Waals surface area contributed by atoms with Crippen molar-refractivity contribution in [3.05, 3.63) is 41.6 Å². The van der Waals surface area contributed by atoms with Gasteiger partial charge in [0.15, 0.2) is 5.65 Å². The minimum atomic E-state index is 0. The first kappa shape index (κ1) is 18.5. The van der Waals surface area contributed by atoms with E-state index in [4.69, 9.17) is 20.9 Å². The summed E-state index contributed by atoms with van der Waals surface area (Å²) >= 11 is 0. The van der Waals surface area contributed by atoms with Crippen molar-refractivity contribution >= 4 is 22.8 Å². The summed E-state index contributed by atoms with van der Waals surface area (Å²) in [6.07, 6.45) is 0. The number of aryl methyl sites for hydroxylation is 1. The van der Waals surface area contributed by atoms with Crippen LogP contribution in [0.4, 0.5) is 11.8 Å². The van der Waals surface area contributed by atoms with Crippen molar-refractivity contribution in [1.29, 1.82) is 0 Å². The number of pyridine rings is 1. The summed E-state index contributed by atoms with van der Waals surface area (Å²) in [6.45, 7) is 2.45. The summed E-state index contributed by atoms with van der Waals surface area (Å²) < 4.78 is 10.5. The average Bonchev–Trinajstić information content (AvgIpc) is 2.56. The standard InChI is InChI=1S/C17H19N5O2.H2O/c1-10-12(8-24-9-23-2)13(11-6-4-3-5-7-11)14-15(18)21-17(19)22-16(14)20-10;/h3-7H,8-9H2,1-2H3,(H4,18,19,20,21,22);1H2. The molecule has 8 nitrogen and oxygen atoms in total. The van der Waals surface area contributed by atoms with E-state index >= 15 is 0 Å². The molecule has 0 bridgehead atoms. The van der Waals surface area contributed by atoms with Crippen molar-refractivity contribution in [2.45, 2.75) is 13.5 Å². The first-order valence-electron chi connectivity index (χ1n) is 7.46. The largest absolute Gasteiger partial charge is 0.412 e. The molecule has 0 amide bonds. The number of aromatic nitrogens is 3. The third kappa shape index (κ3) is 3.66. The number of anilines is 2. The Morgan fingerprint density at radius 3 is 2.44 bits per heavy atom. The summed E-state index contributed by atoms with van der Waals surface area (Å²) in [5.41, 5.74) is 15.9. The van der Waals surface area contributed by atoms with Crippen molar-refractivity contribution in [3.63, 3.8) is 0 Å². The lowest BCUT2D eigenvalue weighted by atomic mass is 9.96. The number of hydrogen-bond acceptors (Lipinski definition) is 7. The smallest absolute Gasteiger partial charge is 0.224 e. The van der Waals surface area contributed by atoms with Gasteiger partial charge in [0.25, 0.3) is 0 Å². The Kier molecular flexibility index (Phi) is 5.81. The van der Waals surface area contributed by atoms with Gasteiger partial charge in [-0.15, -0.1) is 0 Å². The molecule has 0 saturated carbocycles. The van der Waals surface area contributed by atoms with Gasteiger partial charge in [-0.1, -0.05) is 30.3 Å². The van der Waals surface area contributed by atoms with Crippen LogP contribution in [-0.2, 0) is 16.1 Å². The van der Waals surface area contributed by atoms with Crippen molar-refractivity contribution in [3.8, 4) is 11.1 Å². The molecule has 2 heterocycles. The van der Waals surface area contributed by atoms with E-state index in [-0.39, 0.29) is 18.2 Å². The first-order valence-corrected chi connectivity index (χ1v) is 7.46. The summed E-state index contributed by atoms with van der Waals surface area (Å²) in [5, 5.41) is 0.678. The minimum absolute atomic E-state index is 0. The average molecular weight is 343 g/mol. The first-order chi connectivity index (χ1) is 11.6. The van der Waals surface area contributed by atoms with Crippen molar-refractivity contribution in [1.82, 2.24) is 15.0 Å². The monoisotopic (exact) mass is 343 g/mol. The molecule has 0 saturated heterocycles. The fourth-order valence-corrected chi connectivity index (χ4v) is 2.69. The van der Waals surface area contributed by atoms with E-state index in [1.807, 2.05) is 37.3 Å². The second kappa shape index (κ2) is 7.84. The molecule has 0 radical (unpaired) electrons.